The highest BCUT2D eigenvalue weighted by Gasteiger charge is 2.54. The fraction of sp³-hybridized carbons (Fsp3) is 0.455. The maximum atomic E-state index is 14.7. The van der Waals surface area contributed by atoms with Crippen LogP contribution in [0.3, 0.4) is 0 Å². The van der Waals surface area contributed by atoms with Crippen molar-refractivity contribution in [1.29, 1.82) is 0 Å². The molecule has 0 amide bonds. The standard InChI is InChI=1S/C33H41N6O10P/c1-7-24(40)45-28-27(47-32(29(28)46-25(41)8-2)39-17-37-26-30(34)35-16-36-31(26)39)20(6)48-50(43,38-19(5)33(42)44-18(3)4)49-23-15-11-13-21-12-9-10-14-22(21)23/h9-20,27-29,32H,7-8H2,1-6H3,(H,38,43)(H2,34,35,36)/t19?,20?,27-,28-,29-,32-,50?/m1/s1. The van der Waals surface area contributed by atoms with Gasteiger partial charge in [0.2, 0.25) is 0 Å². The van der Waals surface area contributed by atoms with Crippen LogP contribution in [-0.2, 0) is 42.4 Å². The number of nitrogen functional groups attached to an aromatic ring is 1. The summed E-state index contributed by atoms with van der Waals surface area (Å²) in [5.41, 5.74) is 6.55. The van der Waals surface area contributed by atoms with E-state index in [1.165, 1.54) is 31.1 Å². The summed E-state index contributed by atoms with van der Waals surface area (Å²) in [5, 5.41) is 4.14. The molecule has 16 nitrogen and oxygen atoms in total. The van der Waals surface area contributed by atoms with Gasteiger partial charge in [-0.2, -0.15) is 5.09 Å². The van der Waals surface area contributed by atoms with E-state index in [-0.39, 0.29) is 35.6 Å². The zero-order valence-corrected chi connectivity index (χ0v) is 29.4. The molecular formula is C33H41N6O10P. The molecule has 3 unspecified atom stereocenters. The predicted molar refractivity (Wildman–Crippen MR) is 181 cm³/mol. The number of carbonyl (C=O) groups excluding carboxylic acids is 3. The smallest absolute Gasteiger partial charge is 0.459 e. The van der Waals surface area contributed by atoms with E-state index in [1.54, 1.807) is 52.0 Å². The summed E-state index contributed by atoms with van der Waals surface area (Å²) in [6, 6.07) is 11.4. The molecule has 0 saturated carbocycles. The molecule has 1 saturated heterocycles. The van der Waals surface area contributed by atoms with Gasteiger partial charge in [0, 0.05) is 18.2 Å². The van der Waals surface area contributed by atoms with Gasteiger partial charge < -0.3 is 29.2 Å². The van der Waals surface area contributed by atoms with Gasteiger partial charge >= 0.3 is 25.7 Å². The minimum atomic E-state index is -4.49. The molecule has 0 bridgehead atoms. The molecule has 1 aliphatic rings. The van der Waals surface area contributed by atoms with Crippen LogP contribution in [0.15, 0.2) is 55.1 Å². The number of hydrogen-bond acceptors (Lipinski definition) is 14. The van der Waals surface area contributed by atoms with Gasteiger partial charge in [0.25, 0.3) is 0 Å². The highest BCUT2D eigenvalue weighted by molar-refractivity contribution is 7.52. The number of carbonyl (C=O) groups is 3. The van der Waals surface area contributed by atoms with E-state index in [2.05, 4.69) is 20.0 Å². The van der Waals surface area contributed by atoms with Crippen LogP contribution in [0.1, 0.15) is 60.6 Å². The van der Waals surface area contributed by atoms with Crippen molar-refractivity contribution in [2.24, 2.45) is 0 Å². The number of hydrogen-bond donors (Lipinski definition) is 2. The highest BCUT2D eigenvalue weighted by Crippen LogP contribution is 2.50. The number of aromatic nitrogens is 4. The molecule has 0 aliphatic carbocycles. The van der Waals surface area contributed by atoms with Crippen molar-refractivity contribution in [3.05, 3.63) is 55.1 Å². The zero-order valence-electron chi connectivity index (χ0n) is 28.5. The number of nitrogens with two attached hydrogens (primary N) is 1. The molecule has 1 fully saturated rings. The average molecular weight is 713 g/mol. The van der Waals surface area contributed by atoms with Gasteiger partial charge in [0.1, 0.15) is 29.7 Å². The normalized spacial score (nSPS) is 21.4. The van der Waals surface area contributed by atoms with Crippen LogP contribution in [0, 0.1) is 0 Å². The Bertz CT molecular complexity index is 1900. The molecule has 2 aromatic heterocycles. The third-order valence-electron chi connectivity index (χ3n) is 7.79. The second kappa shape index (κ2) is 15.5. The molecule has 268 valence electrons. The molecule has 1 aliphatic heterocycles. The van der Waals surface area contributed by atoms with E-state index >= 15 is 0 Å². The second-order valence-corrected chi connectivity index (χ2v) is 13.5. The Morgan fingerprint density at radius 2 is 1.64 bits per heavy atom. The van der Waals surface area contributed by atoms with Crippen LogP contribution in [0.25, 0.3) is 21.9 Å². The Hall–Kier alpha value is -4.63. The lowest BCUT2D eigenvalue weighted by molar-refractivity contribution is -0.168. The van der Waals surface area contributed by atoms with Gasteiger partial charge in [0.15, 0.2) is 29.9 Å². The van der Waals surface area contributed by atoms with E-state index < -0.39 is 68.4 Å². The summed E-state index contributed by atoms with van der Waals surface area (Å²) in [5.74, 6) is -1.58. The van der Waals surface area contributed by atoms with Crippen LogP contribution in [0.2, 0.25) is 0 Å². The van der Waals surface area contributed by atoms with Crippen LogP contribution < -0.4 is 15.3 Å². The lowest BCUT2D eigenvalue weighted by atomic mass is 10.1. The number of nitrogens with one attached hydrogen (secondary N) is 1. The van der Waals surface area contributed by atoms with Gasteiger partial charge in [-0.3, -0.25) is 23.5 Å². The van der Waals surface area contributed by atoms with Crippen LogP contribution in [0.4, 0.5) is 5.82 Å². The summed E-state index contributed by atoms with van der Waals surface area (Å²) in [4.78, 5) is 50.9. The molecule has 7 atom stereocenters. The van der Waals surface area contributed by atoms with Crippen LogP contribution in [0.5, 0.6) is 5.75 Å². The Morgan fingerprint density at radius 1 is 0.960 bits per heavy atom. The van der Waals surface area contributed by atoms with Crippen molar-refractivity contribution in [3.8, 4) is 5.75 Å². The fourth-order valence-corrected chi connectivity index (χ4v) is 7.15. The number of ether oxygens (including phenoxy) is 4. The molecule has 50 heavy (non-hydrogen) atoms. The van der Waals surface area contributed by atoms with E-state index in [0.717, 1.165) is 5.39 Å². The van der Waals surface area contributed by atoms with Gasteiger partial charge in [0.05, 0.1) is 18.5 Å². The number of esters is 3. The molecule has 0 radical (unpaired) electrons. The van der Waals surface area contributed by atoms with E-state index in [4.69, 9.17) is 33.7 Å². The minimum absolute atomic E-state index is 0.00491. The Balaban J connectivity index is 1.54. The average Bonchev–Trinajstić information content (AvgIpc) is 3.66. The maximum Gasteiger partial charge on any atom is 0.459 e. The third-order valence-corrected chi connectivity index (χ3v) is 9.54. The molecular weight excluding hydrogens is 671 g/mol. The van der Waals surface area contributed by atoms with E-state index in [1.807, 2.05) is 18.2 Å². The quantitative estimate of drug-likeness (QED) is 0.104. The summed E-state index contributed by atoms with van der Waals surface area (Å²) in [6.07, 6.45) is -3.83. The lowest BCUT2D eigenvalue weighted by Gasteiger charge is -2.30. The summed E-state index contributed by atoms with van der Waals surface area (Å²) < 4.78 is 52.0. The van der Waals surface area contributed by atoms with Crippen molar-refractivity contribution < 1.29 is 46.9 Å². The van der Waals surface area contributed by atoms with Crippen molar-refractivity contribution in [1.82, 2.24) is 24.6 Å². The molecule has 17 heteroatoms. The minimum Gasteiger partial charge on any atom is -0.462 e. The van der Waals surface area contributed by atoms with Crippen molar-refractivity contribution in [2.45, 2.75) is 97.2 Å². The second-order valence-electron chi connectivity index (χ2n) is 11.9. The summed E-state index contributed by atoms with van der Waals surface area (Å²) in [7, 11) is -4.49. The number of rotatable bonds is 14. The number of fused-ring (bicyclic) bond motifs is 2. The summed E-state index contributed by atoms with van der Waals surface area (Å²) >= 11 is 0. The van der Waals surface area contributed by atoms with E-state index in [0.29, 0.717) is 5.39 Å². The zero-order chi connectivity index (χ0) is 36.2. The third kappa shape index (κ3) is 8.05. The number of nitrogens with zero attached hydrogens (tertiary/aromatic N) is 4. The topological polar surface area (TPSA) is 205 Å². The molecule has 3 heterocycles. The Morgan fingerprint density at radius 3 is 2.34 bits per heavy atom. The summed E-state index contributed by atoms with van der Waals surface area (Å²) in [6.45, 7) is 9.59. The molecule has 2 aromatic carbocycles. The van der Waals surface area contributed by atoms with Gasteiger partial charge in [-0.05, 0) is 39.1 Å². The molecule has 0 spiro atoms. The SMILES string of the molecule is CCC(=O)O[C@@H]1[C@H](OC(=O)CC)[C@@H](C(C)OP(=O)(NC(C)C(=O)OC(C)C)Oc2cccc3ccccc23)O[C@H]1n1cnc2c(N)ncnc21. The maximum absolute atomic E-state index is 14.7. The Labute approximate surface area is 288 Å². The number of imidazole rings is 1. The fourth-order valence-electron chi connectivity index (χ4n) is 5.44. The first kappa shape index (κ1) is 36.6. The van der Waals surface area contributed by atoms with Crippen LogP contribution >= 0.6 is 7.75 Å². The Kier molecular flexibility index (Phi) is 11.4. The van der Waals surface area contributed by atoms with Crippen molar-refractivity contribution in [3.63, 3.8) is 0 Å². The number of anilines is 1. The predicted octanol–water partition coefficient (Wildman–Crippen LogP) is 4.62. The lowest BCUT2D eigenvalue weighted by Crippen LogP contribution is -2.44. The monoisotopic (exact) mass is 712 g/mol. The molecule has 4 aromatic rings. The first-order valence-corrected chi connectivity index (χ1v) is 17.8. The van der Waals surface area contributed by atoms with Crippen molar-refractivity contribution in [2.75, 3.05) is 5.73 Å². The van der Waals surface area contributed by atoms with Gasteiger partial charge in [-0.1, -0.05) is 50.2 Å². The van der Waals surface area contributed by atoms with Crippen LogP contribution in [-0.4, -0.2) is 74.0 Å². The first-order chi connectivity index (χ1) is 23.8. The molecule has 3 N–H and O–H groups in total. The first-order valence-electron chi connectivity index (χ1n) is 16.3. The van der Waals surface area contributed by atoms with Crippen molar-refractivity contribution >= 4 is 53.4 Å². The molecule has 5 rings (SSSR count). The van der Waals surface area contributed by atoms with Gasteiger partial charge in [-0.15, -0.1) is 0 Å². The van der Waals surface area contributed by atoms with Gasteiger partial charge in [-0.25, -0.2) is 19.5 Å². The highest BCUT2D eigenvalue weighted by atomic mass is 31.2. The number of benzene rings is 2. The van der Waals surface area contributed by atoms with E-state index in [9.17, 15) is 18.9 Å². The largest absolute Gasteiger partial charge is 0.462 e.